The van der Waals surface area contributed by atoms with Crippen molar-refractivity contribution in [1.29, 1.82) is 0 Å². The van der Waals surface area contributed by atoms with Crippen LogP contribution in [0, 0.1) is 0 Å². The summed E-state index contributed by atoms with van der Waals surface area (Å²) in [7, 11) is 0. The molecule has 0 aliphatic rings. The molecule has 0 aliphatic carbocycles. The molecule has 0 saturated heterocycles. The third-order valence-electron chi connectivity index (χ3n) is 3.80. The van der Waals surface area contributed by atoms with E-state index < -0.39 is 0 Å². The van der Waals surface area contributed by atoms with Crippen LogP contribution in [-0.2, 0) is 11.2 Å². The Morgan fingerprint density at radius 2 is 1.84 bits per heavy atom. The van der Waals surface area contributed by atoms with Crippen LogP contribution in [0.25, 0.3) is 11.5 Å². The molecule has 1 unspecified atom stereocenters. The molecular weight excluding hydrogens is 338 g/mol. The summed E-state index contributed by atoms with van der Waals surface area (Å²) in [4.78, 5) is 12.1. The fourth-order valence-corrected chi connectivity index (χ4v) is 2.79. The van der Waals surface area contributed by atoms with Crippen LogP contribution in [0.4, 0.5) is 0 Å². The van der Waals surface area contributed by atoms with Crippen molar-refractivity contribution in [3.8, 4) is 11.5 Å². The number of rotatable bonds is 6. The normalized spacial score (nSPS) is 11.9. The van der Waals surface area contributed by atoms with Gasteiger partial charge in [0.1, 0.15) is 0 Å². The van der Waals surface area contributed by atoms with E-state index in [4.69, 9.17) is 16.0 Å². The fourth-order valence-electron chi connectivity index (χ4n) is 2.49. The Kier molecular flexibility index (Phi) is 5.46. The Morgan fingerprint density at radius 1 is 1.12 bits per heavy atom. The van der Waals surface area contributed by atoms with Gasteiger partial charge in [0.2, 0.25) is 17.7 Å². The van der Waals surface area contributed by atoms with Gasteiger partial charge in [-0.05, 0) is 30.7 Å². The van der Waals surface area contributed by atoms with Gasteiger partial charge in [-0.2, -0.15) is 0 Å². The summed E-state index contributed by atoms with van der Waals surface area (Å²) in [6, 6.07) is 16.8. The maximum Gasteiger partial charge on any atom is 0.247 e. The average Bonchev–Trinajstić information content (AvgIpc) is 3.10. The van der Waals surface area contributed by atoms with Crippen molar-refractivity contribution in [2.24, 2.45) is 0 Å². The monoisotopic (exact) mass is 355 g/mol. The third kappa shape index (κ3) is 4.45. The molecule has 6 heteroatoms. The zero-order valence-electron chi connectivity index (χ0n) is 13.8. The summed E-state index contributed by atoms with van der Waals surface area (Å²) in [6.07, 6.45) is 0.659. The second kappa shape index (κ2) is 7.94. The highest BCUT2D eigenvalue weighted by molar-refractivity contribution is 6.31. The minimum atomic E-state index is -0.163. The maximum absolute atomic E-state index is 12.1. The molecule has 0 radical (unpaired) electrons. The number of amides is 1. The van der Waals surface area contributed by atoms with Crippen molar-refractivity contribution in [3.05, 3.63) is 71.1 Å². The van der Waals surface area contributed by atoms with Gasteiger partial charge in [-0.15, -0.1) is 10.2 Å². The lowest BCUT2D eigenvalue weighted by Crippen LogP contribution is -2.27. The standard InChI is InChI=1S/C19H18ClN3O2/c1-13(15-9-5-6-10-16(15)20)21-17(24)11-12-18-22-23-19(25-18)14-7-3-2-4-8-14/h2-10,13H,11-12H2,1H3,(H,21,24). The minimum Gasteiger partial charge on any atom is -0.421 e. The van der Waals surface area contributed by atoms with Gasteiger partial charge in [-0.1, -0.05) is 48.0 Å². The van der Waals surface area contributed by atoms with Crippen molar-refractivity contribution in [1.82, 2.24) is 15.5 Å². The van der Waals surface area contributed by atoms with E-state index in [1.54, 1.807) is 0 Å². The van der Waals surface area contributed by atoms with Crippen molar-refractivity contribution in [3.63, 3.8) is 0 Å². The van der Waals surface area contributed by atoms with E-state index in [1.165, 1.54) is 0 Å². The molecule has 3 aromatic rings. The lowest BCUT2D eigenvalue weighted by atomic mass is 10.1. The van der Waals surface area contributed by atoms with Crippen LogP contribution in [0.1, 0.15) is 30.8 Å². The molecule has 0 spiro atoms. The van der Waals surface area contributed by atoms with Gasteiger partial charge in [0, 0.05) is 23.4 Å². The van der Waals surface area contributed by atoms with Crippen molar-refractivity contribution < 1.29 is 9.21 Å². The zero-order chi connectivity index (χ0) is 17.6. The van der Waals surface area contributed by atoms with Gasteiger partial charge in [-0.3, -0.25) is 4.79 Å². The summed E-state index contributed by atoms with van der Waals surface area (Å²) in [5, 5.41) is 11.6. The van der Waals surface area contributed by atoms with Crippen LogP contribution < -0.4 is 5.32 Å². The molecule has 5 nitrogen and oxygen atoms in total. The quantitative estimate of drug-likeness (QED) is 0.719. The lowest BCUT2D eigenvalue weighted by Gasteiger charge is -2.15. The molecule has 25 heavy (non-hydrogen) atoms. The highest BCUT2D eigenvalue weighted by atomic mass is 35.5. The first-order valence-corrected chi connectivity index (χ1v) is 8.43. The summed E-state index contributed by atoms with van der Waals surface area (Å²) >= 11 is 6.15. The average molecular weight is 356 g/mol. The van der Waals surface area contributed by atoms with Crippen molar-refractivity contribution in [2.45, 2.75) is 25.8 Å². The molecule has 2 aromatic carbocycles. The number of benzene rings is 2. The Labute approximate surface area is 151 Å². The number of hydrogen-bond donors (Lipinski definition) is 1. The van der Waals surface area contributed by atoms with Gasteiger partial charge in [0.25, 0.3) is 0 Å². The number of carbonyl (C=O) groups excluding carboxylic acids is 1. The number of aromatic nitrogens is 2. The first kappa shape index (κ1) is 17.2. The second-order valence-electron chi connectivity index (χ2n) is 5.68. The van der Waals surface area contributed by atoms with E-state index in [1.807, 2.05) is 61.5 Å². The molecule has 1 amide bonds. The predicted octanol–water partition coefficient (Wildman–Crippen LogP) is 4.20. The Bertz CT molecular complexity index is 849. The fraction of sp³-hybridized carbons (Fsp3) is 0.211. The van der Waals surface area contributed by atoms with Crippen molar-refractivity contribution in [2.75, 3.05) is 0 Å². The van der Waals surface area contributed by atoms with Crippen molar-refractivity contribution >= 4 is 17.5 Å². The Morgan fingerprint density at radius 3 is 2.60 bits per heavy atom. The van der Waals surface area contributed by atoms with Gasteiger partial charge >= 0.3 is 0 Å². The van der Waals surface area contributed by atoms with Crippen LogP contribution in [0.3, 0.4) is 0 Å². The van der Waals surface area contributed by atoms with E-state index in [9.17, 15) is 4.79 Å². The lowest BCUT2D eigenvalue weighted by molar-refractivity contribution is -0.121. The van der Waals surface area contributed by atoms with Gasteiger partial charge in [0.05, 0.1) is 6.04 Å². The number of halogens is 1. The molecule has 1 N–H and O–H groups in total. The van der Waals surface area contributed by atoms with Crippen LogP contribution >= 0.6 is 11.6 Å². The molecule has 1 atom stereocenters. The molecule has 1 heterocycles. The Hall–Kier alpha value is -2.66. The SMILES string of the molecule is CC(NC(=O)CCc1nnc(-c2ccccc2)o1)c1ccccc1Cl. The molecule has 0 saturated carbocycles. The molecule has 3 rings (SSSR count). The molecule has 0 bridgehead atoms. The summed E-state index contributed by atoms with van der Waals surface area (Å²) in [6.45, 7) is 1.90. The predicted molar refractivity (Wildman–Crippen MR) is 96.1 cm³/mol. The van der Waals surface area contributed by atoms with Crippen LogP contribution in [-0.4, -0.2) is 16.1 Å². The molecule has 1 aromatic heterocycles. The third-order valence-corrected chi connectivity index (χ3v) is 4.15. The zero-order valence-corrected chi connectivity index (χ0v) is 14.5. The summed E-state index contributed by atoms with van der Waals surface area (Å²) < 4.78 is 5.61. The number of nitrogens with zero attached hydrogens (tertiary/aromatic N) is 2. The number of nitrogens with one attached hydrogen (secondary N) is 1. The smallest absolute Gasteiger partial charge is 0.247 e. The highest BCUT2D eigenvalue weighted by Gasteiger charge is 2.14. The molecule has 128 valence electrons. The van der Waals surface area contributed by atoms with E-state index in [-0.39, 0.29) is 18.4 Å². The Balaban J connectivity index is 1.54. The summed E-state index contributed by atoms with van der Waals surface area (Å²) in [5.74, 6) is 0.812. The van der Waals surface area contributed by atoms with E-state index in [2.05, 4.69) is 15.5 Å². The first-order valence-electron chi connectivity index (χ1n) is 8.05. The maximum atomic E-state index is 12.1. The number of hydrogen-bond acceptors (Lipinski definition) is 4. The van der Waals surface area contributed by atoms with Gasteiger partial charge in [-0.25, -0.2) is 0 Å². The first-order chi connectivity index (χ1) is 12.1. The van der Waals surface area contributed by atoms with Crippen LogP contribution in [0.5, 0.6) is 0 Å². The highest BCUT2D eigenvalue weighted by Crippen LogP contribution is 2.22. The topological polar surface area (TPSA) is 68.0 Å². The second-order valence-corrected chi connectivity index (χ2v) is 6.08. The van der Waals surface area contributed by atoms with Gasteiger partial charge in [0.15, 0.2) is 0 Å². The molecule has 0 aliphatic heterocycles. The summed E-state index contributed by atoms with van der Waals surface area (Å²) in [5.41, 5.74) is 1.75. The van der Waals surface area contributed by atoms with Crippen LogP contribution in [0.2, 0.25) is 5.02 Å². The largest absolute Gasteiger partial charge is 0.421 e. The van der Waals surface area contributed by atoms with Gasteiger partial charge < -0.3 is 9.73 Å². The van der Waals surface area contributed by atoms with Crippen LogP contribution in [0.15, 0.2) is 59.0 Å². The molecular formula is C19H18ClN3O2. The van der Waals surface area contributed by atoms with E-state index in [0.717, 1.165) is 11.1 Å². The van der Waals surface area contributed by atoms with E-state index in [0.29, 0.717) is 23.2 Å². The van der Waals surface area contributed by atoms with E-state index >= 15 is 0 Å². The minimum absolute atomic E-state index is 0.0909. The molecule has 0 fully saturated rings. The number of carbonyl (C=O) groups is 1. The number of aryl methyl sites for hydroxylation is 1.